The largest absolute Gasteiger partial charge is 0.493 e. The molecule has 8 heteroatoms. The van der Waals surface area contributed by atoms with Gasteiger partial charge in [-0.1, -0.05) is 19.9 Å². The third-order valence-corrected chi connectivity index (χ3v) is 7.88. The number of fused-ring (bicyclic) bond motifs is 1. The second-order valence-corrected chi connectivity index (χ2v) is 9.60. The molecule has 2 bridgehead atoms. The molecule has 5 atom stereocenters. The van der Waals surface area contributed by atoms with Crippen molar-refractivity contribution in [2.45, 2.75) is 58.3 Å². The van der Waals surface area contributed by atoms with Gasteiger partial charge in [-0.2, -0.15) is 8.78 Å². The van der Waals surface area contributed by atoms with E-state index in [9.17, 15) is 13.6 Å². The molecule has 4 rings (SSSR count). The summed E-state index contributed by atoms with van der Waals surface area (Å²) < 4.78 is 41.8. The highest BCUT2D eigenvalue weighted by Crippen LogP contribution is 2.70. The van der Waals surface area contributed by atoms with Crippen LogP contribution in [0, 0.1) is 22.7 Å². The summed E-state index contributed by atoms with van der Waals surface area (Å²) in [4.78, 5) is 12.4. The van der Waals surface area contributed by atoms with Crippen molar-refractivity contribution in [3.8, 4) is 11.5 Å². The lowest BCUT2D eigenvalue weighted by Gasteiger charge is -2.53. The maximum absolute atomic E-state index is 12.9. The van der Waals surface area contributed by atoms with Gasteiger partial charge in [-0.15, -0.1) is 0 Å². The fraction of sp³-hybridized carbons (Fsp3) is 0.696. The minimum Gasteiger partial charge on any atom is -0.493 e. The van der Waals surface area contributed by atoms with E-state index in [0.717, 1.165) is 24.8 Å². The lowest BCUT2D eigenvalue weighted by molar-refractivity contribution is -0.137. The fourth-order valence-electron chi connectivity index (χ4n) is 6.51. The second kappa shape index (κ2) is 8.20. The number of hydrogen-bond acceptors (Lipinski definition) is 5. The number of methoxy groups -OCH3 is 1. The van der Waals surface area contributed by atoms with Crippen LogP contribution in [0.2, 0.25) is 0 Å². The SMILES string of the molecule is COc1ccc([C@H]2OCCC34C[C@@H](C[C@H]23)C(C)(C)[C@@H]4NC(=O)CCO)cc1OC(F)F. The first-order chi connectivity index (χ1) is 14.7. The molecular formula is C23H31F2NO5. The van der Waals surface area contributed by atoms with E-state index >= 15 is 0 Å². The van der Waals surface area contributed by atoms with E-state index in [-0.39, 0.29) is 59.3 Å². The molecule has 1 saturated heterocycles. The number of ether oxygens (including phenoxy) is 3. The standard InChI is InChI=1S/C23H31F2NO5/c1-22(2)14-11-15-19(13-4-5-16(29-3)17(10-13)31-21(24)25)30-9-7-23(15,12-14)20(22)26-18(28)6-8-27/h4-5,10,14-15,19-21,27H,6-9,11-12H2,1-3H3,(H,26,28)/t14-,15-,19-,20+,23?/m1/s1. The van der Waals surface area contributed by atoms with Crippen molar-refractivity contribution in [3.05, 3.63) is 23.8 Å². The van der Waals surface area contributed by atoms with E-state index in [1.807, 2.05) is 6.07 Å². The van der Waals surface area contributed by atoms with Gasteiger partial charge in [-0.25, -0.2) is 0 Å². The lowest BCUT2D eigenvalue weighted by Crippen LogP contribution is -2.59. The van der Waals surface area contributed by atoms with Gasteiger partial charge in [0.2, 0.25) is 5.91 Å². The molecule has 172 valence electrons. The van der Waals surface area contributed by atoms with E-state index in [1.54, 1.807) is 12.1 Å². The first-order valence-corrected chi connectivity index (χ1v) is 10.9. The molecule has 1 aromatic carbocycles. The molecule has 1 unspecified atom stereocenters. The highest BCUT2D eigenvalue weighted by atomic mass is 19.3. The van der Waals surface area contributed by atoms with Crippen molar-refractivity contribution >= 4 is 5.91 Å². The zero-order chi connectivity index (χ0) is 22.4. The first kappa shape index (κ1) is 22.3. The van der Waals surface area contributed by atoms with Crippen molar-refractivity contribution in [2.75, 3.05) is 20.3 Å². The number of nitrogens with one attached hydrogen (secondary N) is 1. The van der Waals surface area contributed by atoms with Gasteiger partial charge in [-0.3, -0.25) is 4.79 Å². The Morgan fingerprint density at radius 3 is 2.81 bits per heavy atom. The average molecular weight is 439 g/mol. The van der Waals surface area contributed by atoms with Gasteiger partial charge in [0, 0.05) is 19.1 Å². The van der Waals surface area contributed by atoms with Crippen LogP contribution in [0.15, 0.2) is 18.2 Å². The summed E-state index contributed by atoms with van der Waals surface area (Å²) in [5.74, 6) is 0.691. The molecule has 0 aromatic heterocycles. The summed E-state index contributed by atoms with van der Waals surface area (Å²) >= 11 is 0. The summed E-state index contributed by atoms with van der Waals surface area (Å²) in [6, 6.07) is 5.04. The number of benzene rings is 1. The molecule has 3 aliphatic rings. The number of carbonyl (C=O) groups excluding carboxylic acids is 1. The van der Waals surface area contributed by atoms with Gasteiger partial charge in [0.05, 0.1) is 19.8 Å². The maximum Gasteiger partial charge on any atom is 0.387 e. The predicted molar refractivity (Wildman–Crippen MR) is 109 cm³/mol. The minimum atomic E-state index is -2.95. The van der Waals surface area contributed by atoms with E-state index in [4.69, 9.17) is 14.6 Å². The molecule has 3 fully saturated rings. The molecule has 1 aliphatic heterocycles. The van der Waals surface area contributed by atoms with Crippen molar-refractivity contribution in [3.63, 3.8) is 0 Å². The van der Waals surface area contributed by atoms with Crippen molar-refractivity contribution in [1.82, 2.24) is 5.32 Å². The van der Waals surface area contributed by atoms with Crippen LogP contribution in [0.1, 0.15) is 51.2 Å². The summed E-state index contributed by atoms with van der Waals surface area (Å²) in [5, 5.41) is 12.4. The van der Waals surface area contributed by atoms with Crippen molar-refractivity contribution in [2.24, 2.45) is 22.7 Å². The summed E-state index contributed by atoms with van der Waals surface area (Å²) in [6.45, 7) is 1.83. The smallest absolute Gasteiger partial charge is 0.387 e. The number of rotatable bonds is 7. The Hall–Kier alpha value is -1.93. The van der Waals surface area contributed by atoms with Gasteiger partial charge in [0.15, 0.2) is 11.5 Å². The molecular weight excluding hydrogens is 408 g/mol. The highest BCUT2D eigenvalue weighted by molar-refractivity contribution is 5.76. The summed E-state index contributed by atoms with van der Waals surface area (Å²) in [5.41, 5.74) is 0.602. The Morgan fingerprint density at radius 1 is 1.35 bits per heavy atom. The molecule has 0 radical (unpaired) electrons. The summed E-state index contributed by atoms with van der Waals surface area (Å²) in [7, 11) is 1.41. The van der Waals surface area contributed by atoms with E-state index < -0.39 is 6.61 Å². The minimum absolute atomic E-state index is 0.00508. The van der Waals surface area contributed by atoms with E-state index in [2.05, 4.69) is 23.9 Å². The number of carbonyl (C=O) groups is 1. The maximum atomic E-state index is 12.9. The number of aliphatic hydroxyl groups is 1. The zero-order valence-corrected chi connectivity index (χ0v) is 18.2. The Morgan fingerprint density at radius 2 is 2.13 bits per heavy atom. The molecule has 2 N–H and O–H groups in total. The van der Waals surface area contributed by atoms with Crippen LogP contribution < -0.4 is 14.8 Å². The zero-order valence-electron chi connectivity index (χ0n) is 18.2. The summed E-state index contributed by atoms with van der Waals surface area (Å²) in [6.07, 6.45) is 2.63. The average Bonchev–Trinajstić information content (AvgIpc) is 3.20. The number of hydrogen-bond donors (Lipinski definition) is 2. The van der Waals surface area contributed by atoms with Crippen LogP contribution in [-0.4, -0.2) is 44.0 Å². The monoisotopic (exact) mass is 439 g/mol. The number of halogens is 2. The van der Waals surface area contributed by atoms with E-state index in [1.165, 1.54) is 7.11 Å². The molecule has 2 aliphatic carbocycles. The Bertz CT molecular complexity index is 832. The molecule has 1 heterocycles. The van der Waals surface area contributed by atoms with Gasteiger partial charge in [-0.05, 0) is 59.6 Å². The normalized spacial score (nSPS) is 33.3. The molecule has 31 heavy (non-hydrogen) atoms. The van der Waals surface area contributed by atoms with Crippen molar-refractivity contribution < 1.29 is 32.9 Å². The second-order valence-electron chi connectivity index (χ2n) is 9.60. The number of amides is 1. The van der Waals surface area contributed by atoms with Crippen LogP contribution >= 0.6 is 0 Å². The molecule has 1 aromatic rings. The first-order valence-electron chi connectivity index (χ1n) is 10.9. The quantitative estimate of drug-likeness (QED) is 0.678. The Kier molecular flexibility index (Phi) is 5.89. The third-order valence-electron chi connectivity index (χ3n) is 7.88. The molecule has 1 amide bonds. The van der Waals surface area contributed by atoms with Gasteiger partial charge in [0.25, 0.3) is 0 Å². The van der Waals surface area contributed by atoms with Crippen molar-refractivity contribution in [1.29, 1.82) is 0 Å². The van der Waals surface area contributed by atoms with Gasteiger partial charge >= 0.3 is 6.61 Å². The van der Waals surface area contributed by atoms with Crippen LogP contribution in [-0.2, 0) is 9.53 Å². The van der Waals surface area contributed by atoms with Crippen LogP contribution in [0.5, 0.6) is 11.5 Å². The number of aliphatic hydroxyl groups excluding tert-OH is 1. The Balaban J connectivity index is 1.66. The number of alkyl halides is 2. The third kappa shape index (κ3) is 3.67. The molecule has 1 spiro atoms. The van der Waals surface area contributed by atoms with Crippen LogP contribution in [0.3, 0.4) is 0 Å². The Labute approximate surface area is 181 Å². The molecule has 6 nitrogen and oxygen atoms in total. The fourth-order valence-corrected chi connectivity index (χ4v) is 6.51. The van der Waals surface area contributed by atoms with Crippen LogP contribution in [0.25, 0.3) is 0 Å². The predicted octanol–water partition coefficient (Wildman–Crippen LogP) is 3.68. The topological polar surface area (TPSA) is 77.0 Å². The van der Waals surface area contributed by atoms with Gasteiger partial charge in [0.1, 0.15) is 0 Å². The lowest BCUT2D eigenvalue weighted by atomic mass is 9.59. The van der Waals surface area contributed by atoms with E-state index in [0.29, 0.717) is 12.5 Å². The highest BCUT2D eigenvalue weighted by Gasteiger charge is 2.68. The van der Waals surface area contributed by atoms with Crippen LogP contribution in [0.4, 0.5) is 8.78 Å². The van der Waals surface area contributed by atoms with Gasteiger partial charge < -0.3 is 24.6 Å². The molecule has 2 saturated carbocycles.